The van der Waals surface area contributed by atoms with E-state index in [0.29, 0.717) is 17.1 Å². The van der Waals surface area contributed by atoms with Crippen LogP contribution in [0.5, 0.6) is 11.5 Å². The molecule has 5 heteroatoms. The summed E-state index contributed by atoms with van der Waals surface area (Å²) in [6.07, 6.45) is -0.122. The molecule has 0 spiro atoms. The van der Waals surface area contributed by atoms with E-state index in [-0.39, 0.29) is 22.8 Å². The van der Waals surface area contributed by atoms with Gasteiger partial charge in [0.05, 0.1) is 19.2 Å². The first kappa shape index (κ1) is 15.3. The van der Waals surface area contributed by atoms with Gasteiger partial charge >= 0.3 is 0 Å². The molecule has 21 heavy (non-hydrogen) atoms. The van der Waals surface area contributed by atoms with Crippen LogP contribution in [0.15, 0.2) is 36.4 Å². The summed E-state index contributed by atoms with van der Waals surface area (Å²) in [5.74, 6) is -0.101. The quantitative estimate of drug-likeness (QED) is 0.785. The molecule has 3 nitrogen and oxygen atoms in total. The van der Waals surface area contributed by atoms with E-state index in [2.05, 4.69) is 0 Å². The van der Waals surface area contributed by atoms with Crippen molar-refractivity contribution in [2.45, 2.75) is 6.42 Å². The van der Waals surface area contributed by atoms with E-state index in [4.69, 9.17) is 21.1 Å². The molecule has 0 unspecified atom stereocenters. The van der Waals surface area contributed by atoms with Gasteiger partial charge in [-0.25, -0.2) is 4.39 Å². The first-order valence-electron chi connectivity index (χ1n) is 6.25. The number of hydrogen-bond donors (Lipinski definition) is 0. The van der Waals surface area contributed by atoms with Gasteiger partial charge in [-0.2, -0.15) is 0 Å². The van der Waals surface area contributed by atoms with Gasteiger partial charge in [0.25, 0.3) is 0 Å². The van der Waals surface area contributed by atoms with Crippen molar-refractivity contribution >= 4 is 17.4 Å². The van der Waals surface area contributed by atoms with Crippen LogP contribution in [0.25, 0.3) is 0 Å². The molecule has 0 fully saturated rings. The molecule has 0 N–H and O–H groups in total. The molecule has 0 bridgehead atoms. The Morgan fingerprint density at radius 3 is 2.24 bits per heavy atom. The number of carbonyl (C=O) groups excluding carboxylic acids is 1. The van der Waals surface area contributed by atoms with Crippen molar-refractivity contribution in [3.05, 3.63) is 58.4 Å². The van der Waals surface area contributed by atoms with Crippen LogP contribution in [0.4, 0.5) is 4.39 Å². The van der Waals surface area contributed by atoms with Gasteiger partial charge in [-0.3, -0.25) is 4.79 Å². The summed E-state index contributed by atoms with van der Waals surface area (Å²) in [5.41, 5.74) is 0.530. The number of methoxy groups -OCH3 is 2. The topological polar surface area (TPSA) is 35.5 Å². The second-order valence-corrected chi connectivity index (χ2v) is 4.76. The molecule has 0 aliphatic carbocycles. The van der Waals surface area contributed by atoms with Crippen molar-refractivity contribution in [1.82, 2.24) is 0 Å². The Balaban J connectivity index is 2.39. The van der Waals surface area contributed by atoms with Gasteiger partial charge in [0.15, 0.2) is 5.78 Å². The number of Topliss-reactive ketones (excluding diaryl/α,β-unsaturated/α-hetero) is 1. The SMILES string of the molecule is COc1cccc(OC)c1C(=O)Cc1cccc(Cl)c1F. The predicted octanol–water partition coefficient (Wildman–Crippen LogP) is 3.92. The standard InChI is InChI=1S/C16H14ClFO3/c1-20-13-7-4-8-14(21-2)15(13)12(19)9-10-5-3-6-11(17)16(10)18/h3-8H,9H2,1-2H3. The minimum absolute atomic E-state index is 0.00714. The van der Waals surface area contributed by atoms with E-state index in [0.717, 1.165) is 0 Å². The Kier molecular flexibility index (Phi) is 4.81. The van der Waals surface area contributed by atoms with Gasteiger partial charge in [0.2, 0.25) is 0 Å². The van der Waals surface area contributed by atoms with Crippen LogP contribution in [0, 0.1) is 5.82 Å². The van der Waals surface area contributed by atoms with E-state index in [1.54, 1.807) is 24.3 Å². The molecule has 0 radical (unpaired) electrons. The van der Waals surface area contributed by atoms with Crippen LogP contribution in [0.2, 0.25) is 5.02 Å². The molecule has 2 aromatic carbocycles. The Labute approximate surface area is 127 Å². The third-order valence-corrected chi connectivity index (χ3v) is 3.38. The first-order valence-corrected chi connectivity index (χ1v) is 6.63. The summed E-state index contributed by atoms with van der Waals surface area (Å²) in [5, 5.41) is -0.00714. The van der Waals surface area contributed by atoms with Gasteiger partial charge in [-0.05, 0) is 23.8 Å². The summed E-state index contributed by atoms with van der Waals surface area (Å²) in [4.78, 5) is 12.5. The maximum absolute atomic E-state index is 13.9. The van der Waals surface area contributed by atoms with E-state index in [1.807, 2.05) is 0 Å². The van der Waals surface area contributed by atoms with Gasteiger partial charge in [-0.15, -0.1) is 0 Å². The second-order valence-electron chi connectivity index (χ2n) is 4.35. The third-order valence-electron chi connectivity index (χ3n) is 3.09. The molecule has 0 saturated heterocycles. The molecule has 0 aliphatic rings. The minimum Gasteiger partial charge on any atom is -0.496 e. The maximum Gasteiger partial charge on any atom is 0.174 e. The number of benzene rings is 2. The fourth-order valence-electron chi connectivity index (χ4n) is 2.07. The molecular formula is C16H14ClFO3. The summed E-state index contributed by atoms with van der Waals surface area (Å²) in [6.45, 7) is 0. The average Bonchev–Trinajstić information content (AvgIpc) is 2.50. The van der Waals surface area contributed by atoms with Crippen molar-refractivity contribution in [2.24, 2.45) is 0 Å². The maximum atomic E-state index is 13.9. The highest BCUT2D eigenvalue weighted by Gasteiger charge is 2.20. The normalized spacial score (nSPS) is 10.3. The molecule has 0 saturated carbocycles. The van der Waals surface area contributed by atoms with Crippen LogP contribution in [-0.4, -0.2) is 20.0 Å². The Morgan fingerprint density at radius 2 is 1.67 bits per heavy atom. The van der Waals surface area contributed by atoms with Crippen molar-refractivity contribution < 1.29 is 18.7 Å². The average molecular weight is 309 g/mol. The van der Waals surface area contributed by atoms with Gasteiger partial charge in [0.1, 0.15) is 22.9 Å². The number of halogens is 2. The molecule has 2 aromatic rings. The van der Waals surface area contributed by atoms with Crippen molar-refractivity contribution in [3.63, 3.8) is 0 Å². The summed E-state index contributed by atoms with van der Waals surface area (Å²) >= 11 is 5.72. The molecule has 0 amide bonds. The van der Waals surface area contributed by atoms with E-state index >= 15 is 0 Å². The van der Waals surface area contributed by atoms with E-state index in [9.17, 15) is 9.18 Å². The minimum atomic E-state index is -0.582. The largest absolute Gasteiger partial charge is 0.496 e. The first-order chi connectivity index (χ1) is 10.1. The molecule has 0 heterocycles. The number of carbonyl (C=O) groups is 1. The third kappa shape index (κ3) is 3.16. The lowest BCUT2D eigenvalue weighted by Crippen LogP contribution is -2.09. The summed E-state index contributed by atoms with van der Waals surface area (Å²) < 4.78 is 24.3. The number of rotatable bonds is 5. The number of hydrogen-bond acceptors (Lipinski definition) is 3. The summed E-state index contributed by atoms with van der Waals surface area (Å²) in [7, 11) is 2.93. The Bertz CT molecular complexity index is 648. The van der Waals surface area contributed by atoms with E-state index < -0.39 is 5.82 Å². The summed E-state index contributed by atoms with van der Waals surface area (Å²) in [6, 6.07) is 9.60. The van der Waals surface area contributed by atoms with Crippen molar-refractivity contribution in [2.75, 3.05) is 14.2 Å². The molecule has 0 aromatic heterocycles. The molecule has 110 valence electrons. The highest BCUT2D eigenvalue weighted by Crippen LogP contribution is 2.30. The van der Waals surface area contributed by atoms with Gasteiger partial charge < -0.3 is 9.47 Å². The Hall–Kier alpha value is -2.07. The zero-order valence-corrected chi connectivity index (χ0v) is 12.4. The predicted molar refractivity (Wildman–Crippen MR) is 79.0 cm³/mol. The molecule has 0 atom stereocenters. The molecule has 2 rings (SSSR count). The van der Waals surface area contributed by atoms with Crippen LogP contribution in [0.3, 0.4) is 0 Å². The van der Waals surface area contributed by atoms with Crippen molar-refractivity contribution in [3.8, 4) is 11.5 Å². The molecule has 0 aliphatic heterocycles. The Morgan fingerprint density at radius 1 is 1.10 bits per heavy atom. The lowest BCUT2D eigenvalue weighted by molar-refractivity contribution is 0.0986. The monoisotopic (exact) mass is 308 g/mol. The highest BCUT2D eigenvalue weighted by molar-refractivity contribution is 6.30. The van der Waals surface area contributed by atoms with Crippen LogP contribution < -0.4 is 9.47 Å². The lowest BCUT2D eigenvalue weighted by Gasteiger charge is -2.12. The zero-order valence-electron chi connectivity index (χ0n) is 11.7. The number of ether oxygens (including phenoxy) is 2. The van der Waals surface area contributed by atoms with Gasteiger partial charge in [0, 0.05) is 6.42 Å². The smallest absolute Gasteiger partial charge is 0.174 e. The van der Waals surface area contributed by atoms with Crippen LogP contribution in [0.1, 0.15) is 15.9 Å². The fraction of sp³-hybridized carbons (Fsp3) is 0.188. The van der Waals surface area contributed by atoms with Crippen molar-refractivity contribution in [1.29, 1.82) is 0 Å². The second kappa shape index (κ2) is 6.59. The van der Waals surface area contributed by atoms with E-state index in [1.165, 1.54) is 26.4 Å². The zero-order chi connectivity index (χ0) is 15.4. The highest BCUT2D eigenvalue weighted by atomic mass is 35.5. The fourth-order valence-corrected chi connectivity index (χ4v) is 2.27. The molecular weight excluding hydrogens is 295 g/mol. The lowest BCUT2D eigenvalue weighted by atomic mass is 10.0. The number of ketones is 1. The van der Waals surface area contributed by atoms with Gasteiger partial charge in [-0.1, -0.05) is 29.8 Å². The van der Waals surface area contributed by atoms with Crippen LogP contribution in [-0.2, 0) is 6.42 Å². The van der Waals surface area contributed by atoms with Crippen LogP contribution >= 0.6 is 11.6 Å².